The number of anilines is 6. The molecule has 0 radical (unpaired) electrons. The summed E-state index contributed by atoms with van der Waals surface area (Å²) >= 11 is 0.606. The monoisotopic (exact) mass is 630 g/mol. The van der Waals surface area contributed by atoms with Gasteiger partial charge in [-0.2, -0.15) is 34.2 Å². The Labute approximate surface area is 288 Å². The summed E-state index contributed by atoms with van der Waals surface area (Å²) in [5, 5.41) is 19.7. The zero-order valence-corrected chi connectivity index (χ0v) is 28.4. The molecule has 0 saturated carbocycles. The smallest absolute Gasteiger partial charge is 0.744 e. The average Bonchev–Trinajstić information content (AvgIpc) is 2.85. The standard InChI is InChI=1S/C22H22N10O6S2.2Na/c1-11-25-19(23)31-21(27-11)29-15-7-5-13(17(9-15)39-38-37-33)3-4-14-6-8-16(10-18(14)40(34,35)36)30-22-28-12(2)26-20(24)32-22;;/h3-10,33H,1-2H3,(H,34,35,36)(H3,23,25,27,29,31)(H3,24,26,28,30,32);;/q;2*+1/p-2/b4-3+;;. The van der Waals surface area contributed by atoms with Gasteiger partial charge in [-0.25, -0.2) is 8.42 Å². The van der Waals surface area contributed by atoms with Crippen LogP contribution in [0, 0.1) is 13.8 Å². The quantitative estimate of drug-likeness (QED) is 0.0322. The Kier molecular flexibility index (Phi) is 13.5. The van der Waals surface area contributed by atoms with E-state index in [-0.39, 0.29) is 94.2 Å². The van der Waals surface area contributed by atoms with Crippen molar-refractivity contribution in [2.45, 2.75) is 23.6 Å². The molecule has 20 heteroatoms. The van der Waals surface area contributed by atoms with E-state index in [9.17, 15) is 18.2 Å². The van der Waals surface area contributed by atoms with Crippen molar-refractivity contribution in [3.05, 3.63) is 59.2 Å². The van der Waals surface area contributed by atoms with Gasteiger partial charge in [0.05, 0.1) is 16.9 Å². The van der Waals surface area contributed by atoms with Gasteiger partial charge in [0.1, 0.15) is 21.8 Å². The molecule has 0 saturated heterocycles. The van der Waals surface area contributed by atoms with Gasteiger partial charge in [0.2, 0.25) is 23.8 Å². The Morgan fingerprint density at radius 1 is 0.810 bits per heavy atom. The van der Waals surface area contributed by atoms with Crippen molar-refractivity contribution < 1.29 is 86.7 Å². The van der Waals surface area contributed by atoms with Crippen molar-refractivity contribution in [3.8, 4) is 0 Å². The molecule has 0 spiro atoms. The molecule has 0 bridgehead atoms. The number of nitrogen functional groups attached to an aromatic ring is 2. The molecular formula is C22H20N10Na2O6S2. The molecule has 2 aromatic carbocycles. The van der Waals surface area contributed by atoms with Crippen LogP contribution in [0.5, 0.6) is 0 Å². The molecule has 2 aromatic heterocycles. The second-order valence-corrected chi connectivity index (χ2v) is 9.98. The molecule has 4 rings (SSSR count). The maximum atomic E-state index is 12.1. The van der Waals surface area contributed by atoms with Gasteiger partial charge in [0.15, 0.2) is 0 Å². The predicted molar refractivity (Wildman–Crippen MR) is 142 cm³/mol. The first kappa shape index (κ1) is 35.7. The molecule has 0 atom stereocenters. The topological polar surface area (TPSA) is 252 Å². The average molecular weight is 631 g/mol. The molecule has 2 heterocycles. The number of aryl methyl sites for hydroxylation is 2. The maximum Gasteiger partial charge on any atom is 1.00 e. The molecule has 0 aliphatic carbocycles. The van der Waals surface area contributed by atoms with Gasteiger partial charge in [0, 0.05) is 16.3 Å². The molecule has 16 nitrogen and oxygen atoms in total. The van der Waals surface area contributed by atoms with Gasteiger partial charge in [-0.05, 0) is 49.2 Å². The summed E-state index contributed by atoms with van der Waals surface area (Å²) in [7, 11) is -4.89. The summed E-state index contributed by atoms with van der Waals surface area (Å²) in [6.45, 7) is 3.26. The Balaban J connectivity index is 0.00000308. The summed E-state index contributed by atoms with van der Waals surface area (Å²) in [4.78, 5) is 23.8. The van der Waals surface area contributed by atoms with Crippen LogP contribution >= 0.6 is 12.0 Å². The molecule has 0 fully saturated rings. The summed E-state index contributed by atoms with van der Waals surface area (Å²) < 4.78 is 40.7. The van der Waals surface area contributed by atoms with Crippen LogP contribution in [0.3, 0.4) is 0 Å². The van der Waals surface area contributed by atoms with Crippen LogP contribution in [-0.2, 0) is 19.5 Å². The van der Waals surface area contributed by atoms with Crippen molar-refractivity contribution >= 4 is 69.5 Å². The van der Waals surface area contributed by atoms with Crippen LogP contribution in [-0.4, -0.2) is 42.9 Å². The Hall–Kier alpha value is -2.46. The molecule has 6 N–H and O–H groups in total. The SMILES string of the molecule is Cc1nc(N)nc(Nc2ccc(/C=C/c3ccc(Nc4nc(C)nc(N)n4)cc3S(=O)(=O)[O-])c(SOO[O-])c2)n1.[Na+].[Na+]. The minimum absolute atomic E-state index is 0. The van der Waals surface area contributed by atoms with Crippen molar-refractivity contribution in [1.29, 1.82) is 0 Å². The van der Waals surface area contributed by atoms with E-state index in [0.717, 1.165) is 6.07 Å². The van der Waals surface area contributed by atoms with E-state index in [1.165, 1.54) is 24.3 Å². The second-order valence-electron chi connectivity index (χ2n) is 7.89. The number of benzene rings is 2. The number of nitrogens with two attached hydrogens (primary N) is 2. The fraction of sp³-hybridized carbons (Fsp3) is 0.0909. The largest absolute Gasteiger partial charge is 1.00 e. The van der Waals surface area contributed by atoms with Gasteiger partial charge in [-0.1, -0.05) is 24.3 Å². The first-order valence-corrected chi connectivity index (χ1v) is 13.2. The third-order valence-corrected chi connectivity index (χ3v) is 6.48. The Bertz CT molecular complexity index is 1660. The molecule has 0 aliphatic heterocycles. The van der Waals surface area contributed by atoms with Crippen molar-refractivity contribution in [3.63, 3.8) is 0 Å². The van der Waals surface area contributed by atoms with Gasteiger partial charge in [-0.3, -0.25) is 5.04 Å². The third kappa shape index (κ3) is 10.1. The fourth-order valence-corrected chi connectivity index (χ4v) is 4.60. The summed E-state index contributed by atoms with van der Waals surface area (Å²) in [5.74, 6) is 1.03. The molecule has 0 aliphatic rings. The Morgan fingerprint density at radius 3 is 1.81 bits per heavy atom. The van der Waals surface area contributed by atoms with Gasteiger partial charge in [-0.15, -0.1) is 0 Å². The predicted octanol–water partition coefficient (Wildman–Crippen LogP) is -4.36. The second kappa shape index (κ2) is 15.8. The van der Waals surface area contributed by atoms with Crippen LogP contribution in [0.1, 0.15) is 22.8 Å². The van der Waals surface area contributed by atoms with E-state index in [1.807, 2.05) is 0 Å². The number of nitrogens with one attached hydrogen (secondary N) is 2. The fourth-order valence-electron chi connectivity index (χ4n) is 3.39. The van der Waals surface area contributed by atoms with Gasteiger partial charge < -0.3 is 31.9 Å². The van der Waals surface area contributed by atoms with E-state index < -0.39 is 15.0 Å². The molecule has 4 aromatic rings. The minimum Gasteiger partial charge on any atom is -0.744 e. The van der Waals surface area contributed by atoms with E-state index in [1.54, 1.807) is 32.0 Å². The molecular weight excluding hydrogens is 610 g/mol. The molecule has 0 unspecified atom stereocenters. The minimum atomic E-state index is -4.89. The zero-order chi connectivity index (χ0) is 28.9. The first-order chi connectivity index (χ1) is 19.0. The summed E-state index contributed by atoms with van der Waals surface area (Å²) in [5.41, 5.74) is 12.6. The van der Waals surface area contributed by atoms with Gasteiger partial charge >= 0.3 is 59.1 Å². The maximum absolute atomic E-state index is 12.1. The zero-order valence-electron chi connectivity index (χ0n) is 22.7. The normalized spacial score (nSPS) is 11.0. The number of aromatic nitrogens is 6. The number of rotatable bonds is 10. The molecule has 42 heavy (non-hydrogen) atoms. The molecule has 0 amide bonds. The van der Waals surface area contributed by atoms with Crippen LogP contribution in [0.4, 0.5) is 35.2 Å². The number of nitrogens with zero attached hydrogens (tertiary/aromatic N) is 6. The van der Waals surface area contributed by atoms with Crippen LogP contribution in [0.2, 0.25) is 0 Å². The first-order valence-electron chi connectivity index (χ1n) is 11.1. The van der Waals surface area contributed by atoms with E-state index >= 15 is 0 Å². The van der Waals surface area contributed by atoms with Gasteiger partial charge in [0.25, 0.3) is 0 Å². The third-order valence-electron chi connectivity index (χ3n) is 4.93. The van der Waals surface area contributed by atoms with Crippen LogP contribution < -0.4 is 86.5 Å². The van der Waals surface area contributed by atoms with Crippen molar-refractivity contribution in [1.82, 2.24) is 29.9 Å². The van der Waals surface area contributed by atoms with E-state index in [4.69, 9.17) is 11.5 Å². The summed E-state index contributed by atoms with van der Waals surface area (Å²) in [6, 6.07) is 9.01. The van der Waals surface area contributed by atoms with E-state index in [2.05, 4.69) is 49.9 Å². The van der Waals surface area contributed by atoms with E-state index in [0.29, 0.717) is 39.8 Å². The van der Waals surface area contributed by atoms with Crippen LogP contribution in [0.25, 0.3) is 12.2 Å². The Morgan fingerprint density at radius 2 is 1.31 bits per heavy atom. The van der Waals surface area contributed by atoms with Crippen LogP contribution in [0.15, 0.2) is 46.2 Å². The summed E-state index contributed by atoms with van der Waals surface area (Å²) in [6.07, 6.45) is 2.94. The number of hydrogen-bond donors (Lipinski definition) is 4. The number of hydrogen-bond acceptors (Lipinski definition) is 17. The van der Waals surface area contributed by atoms with Crippen molar-refractivity contribution in [2.24, 2.45) is 0 Å². The molecule has 208 valence electrons. The van der Waals surface area contributed by atoms with Crippen molar-refractivity contribution in [2.75, 3.05) is 22.1 Å².